The van der Waals surface area contributed by atoms with Gasteiger partial charge in [-0.05, 0) is 19.1 Å². The fourth-order valence-electron chi connectivity index (χ4n) is 1.02. The van der Waals surface area contributed by atoms with Gasteiger partial charge in [0.05, 0.1) is 12.0 Å². The molecule has 0 aliphatic carbocycles. The van der Waals surface area contributed by atoms with Gasteiger partial charge in [0.25, 0.3) is 0 Å². The molecule has 1 aromatic carbocycles. The third-order valence-electron chi connectivity index (χ3n) is 1.73. The second-order valence-electron chi connectivity index (χ2n) is 2.64. The quantitative estimate of drug-likeness (QED) is 0.725. The van der Waals surface area contributed by atoms with Crippen molar-refractivity contribution < 1.29 is 13.9 Å². The first kappa shape index (κ1) is 9.46. The van der Waals surface area contributed by atoms with Crippen LogP contribution < -0.4 is 0 Å². The second kappa shape index (κ2) is 3.40. The second-order valence-corrected chi connectivity index (χ2v) is 2.64. The highest BCUT2D eigenvalue weighted by Crippen LogP contribution is 2.27. The number of phenolic OH excluding ortho intramolecular Hbond substituents is 1. The number of nitrogens with zero attached hydrogens (tertiary/aromatic N) is 1. The van der Waals surface area contributed by atoms with Gasteiger partial charge in [0.1, 0.15) is 5.82 Å². The topological polar surface area (TPSA) is 44.0 Å². The van der Waals surface area contributed by atoms with Crippen LogP contribution in [0.5, 0.6) is 5.75 Å². The molecular weight excluding hydrogens is 176 g/mol. The first-order valence-corrected chi connectivity index (χ1v) is 3.64. The van der Waals surface area contributed by atoms with E-state index < -0.39 is 23.3 Å². The molecule has 4 heteroatoms. The zero-order chi connectivity index (χ0) is 10.0. The van der Waals surface area contributed by atoms with Gasteiger partial charge in [0.15, 0.2) is 11.6 Å². The molecule has 0 spiro atoms. The monoisotopic (exact) mass is 183 g/mol. The van der Waals surface area contributed by atoms with Crippen molar-refractivity contribution in [1.82, 2.24) is 0 Å². The van der Waals surface area contributed by atoms with Crippen LogP contribution in [0.2, 0.25) is 0 Å². The Kier molecular flexibility index (Phi) is 2.47. The predicted molar refractivity (Wildman–Crippen MR) is 42.1 cm³/mol. The Labute approximate surface area is 74.0 Å². The molecule has 0 saturated carbocycles. The third-order valence-corrected chi connectivity index (χ3v) is 1.73. The van der Waals surface area contributed by atoms with Crippen LogP contribution in [-0.2, 0) is 0 Å². The van der Waals surface area contributed by atoms with Gasteiger partial charge >= 0.3 is 0 Å². The molecule has 0 aromatic heterocycles. The van der Waals surface area contributed by atoms with Crippen LogP contribution >= 0.6 is 0 Å². The summed E-state index contributed by atoms with van der Waals surface area (Å²) < 4.78 is 26.0. The number of phenols is 1. The molecule has 0 amide bonds. The van der Waals surface area contributed by atoms with Gasteiger partial charge in [0, 0.05) is 5.56 Å². The number of halogens is 2. The lowest BCUT2D eigenvalue weighted by Gasteiger charge is -2.06. The van der Waals surface area contributed by atoms with Gasteiger partial charge in [-0.2, -0.15) is 5.26 Å². The van der Waals surface area contributed by atoms with E-state index in [-0.39, 0.29) is 5.56 Å². The first-order valence-electron chi connectivity index (χ1n) is 3.64. The van der Waals surface area contributed by atoms with Crippen LogP contribution in [0.4, 0.5) is 8.78 Å². The van der Waals surface area contributed by atoms with Crippen LogP contribution in [0.1, 0.15) is 18.4 Å². The summed E-state index contributed by atoms with van der Waals surface area (Å²) in [4.78, 5) is 0. The van der Waals surface area contributed by atoms with Gasteiger partial charge in [-0.3, -0.25) is 0 Å². The van der Waals surface area contributed by atoms with Gasteiger partial charge < -0.3 is 5.11 Å². The number of hydrogen-bond acceptors (Lipinski definition) is 2. The van der Waals surface area contributed by atoms with Crippen LogP contribution in [0, 0.1) is 23.0 Å². The van der Waals surface area contributed by atoms with Gasteiger partial charge in [0.2, 0.25) is 0 Å². The lowest BCUT2D eigenvalue weighted by molar-refractivity contribution is 0.421. The minimum Gasteiger partial charge on any atom is -0.505 e. The normalized spacial score (nSPS) is 12.2. The average molecular weight is 183 g/mol. The van der Waals surface area contributed by atoms with E-state index in [0.29, 0.717) is 0 Å². The molecule has 2 nitrogen and oxygen atoms in total. The van der Waals surface area contributed by atoms with E-state index in [0.717, 1.165) is 12.1 Å². The summed E-state index contributed by atoms with van der Waals surface area (Å²) >= 11 is 0. The maximum atomic E-state index is 13.1. The Hall–Kier alpha value is -1.63. The molecular formula is C9H7F2NO. The van der Waals surface area contributed by atoms with Crippen LogP contribution in [-0.4, -0.2) is 5.11 Å². The van der Waals surface area contributed by atoms with Crippen molar-refractivity contribution in [2.75, 3.05) is 0 Å². The van der Waals surface area contributed by atoms with Gasteiger partial charge in [-0.1, -0.05) is 0 Å². The summed E-state index contributed by atoms with van der Waals surface area (Å²) in [6.45, 7) is 1.36. The maximum absolute atomic E-state index is 13.1. The molecule has 0 bridgehead atoms. The minimum absolute atomic E-state index is 0.387. The summed E-state index contributed by atoms with van der Waals surface area (Å²) in [5.74, 6) is -3.43. The van der Waals surface area contributed by atoms with E-state index in [9.17, 15) is 8.78 Å². The molecule has 0 radical (unpaired) electrons. The molecule has 1 aromatic rings. The van der Waals surface area contributed by atoms with E-state index in [1.54, 1.807) is 6.07 Å². The Morgan fingerprint density at radius 3 is 2.62 bits per heavy atom. The van der Waals surface area contributed by atoms with Crippen LogP contribution in [0.15, 0.2) is 12.1 Å². The average Bonchev–Trinajstić information content (AvgIpc) is 2.12. The molecule has 1 rings (SSSR count). The van der Waals surface area contributed by atoms with Gasteiger partial charge in [-0.15, -0.1) is 0 Å². The smallest absolute Gasteiger partial charge is 0.172 e. The standard InChI is InChI=1S/C9H7F2NO/c1-5(4-12)8-6(10)2-3-7(13)9(8)11/h2-3,5,13H,1H3. The molecule has 1 atom stereocenters. The summed E-state index contributed by atoms with van der Waals surface area (Å²) in [5.41, 5.74) is -0.387. The van der Waals surface area contributed by atoms with E-state index in [1.165, 1.54) is 6.92 Å². The lowest BCUT2D eigenvalue weighted by atomic mass is 10.0. The summed E-state index contributed by atoms with van der Waals surface area (Å²) in [7, 11) is 0. The van der Waals surface area contributed by atoms with Crippen molar-refractivity contribution in [2.45, 2.75) is 12.8 Å². The van der Waals surface area contributed by atoms with Crippen molar-refractivity contribution in [3.8, 4) is 11.8 Å². The highest BCUT2D eigenvalue weighted by atomic mass is 19.1. The molecule has 0 heterocycles. The maximum Gasteiger partial charge on any atom is 0.172 e. The number of benzene rings is 1. The predicted octanol–water partition coefficient (Wildman–Crippen LogP) is 2.30. The zero-order valence-electron chi connectivity index (χ0n) is 6.88. The van der Waals surface area contributed by atoms with Crippen LogP contribution in [0.3, 0.4) is 0 Å². The Balaban J connectivity index is 3.35. The fourth-order valence-corrected chi connectivity index (χ4v) is 1.02. The zero-order valence-corrected chi connectivity index (χ0v) is 6.88. The molecule has 0 aliphatic rings. The van der Waals surface area contributed by atoms with Crippen molar-refractivity contribution in [3.63, 3.8) is 0 Å². The minimum atomic E-state index is -1.06. The van der Waals surface area contributed by atoms with E-state index in [1.807, 2.05) is 0 Å². The Morgan fingerprint density at radius 1 is 1.46 bits per heavy atom. The molecule has 68 valence electrons. The summed E-state index contributed by atoms with van der Waals surface area (Å²) in [5, 5.41) is 17.4. The molecule has 1 N–H and O–H groups in total. The van der Waals surface area contributed by atoms with E-state index >= 15 is 0 Å². The lowest BCUT2D eigenvalue weighted by Crippen LogP contribution is -1.99. The number of rotatable bonds is 1. The van der Waals surface area contributed by atoms with Crippen molar-refractivity contribution in [3.05, 3.63) is 29.3 Å². The fraction of sp³-hybridized carbons (Fsp3) is 0.222. The van der Waals surface area contributed by atoms with Crippen molar-refractivity contribution >= 4 is 0 Å². The van der Waals surface area contributed by atoms with Gasteiger partial charge in [-0.25, -0.2) is 8.78 Å². The van der Waals surface area contributed by atoms with Crippen molar-refractivity contribution in [2.24, 2.45) is 0 Å². The summed E-state index contributed by atoms with van der Waals surface area (Å²) in [6, 6.07) is 3.55. The Morgan fingerprint density at radius 2 is 2.08 bits per heavy atom. The molecule has 1 unspecified atom stereocenters. The molecule has 0 saturated heterocycles. The first-order chi connectivity index (χ1) is 6.07. The Bertz CT molecular complexity index is 371. The highest BCUT2D eigenvalue weighted by Gasteiger charge is 2.18. The molecule has 0 fully saturated rings. The third kappa shape index (κ3) is 1.59. The number of aromatic hydroxyl groups is 1. The number of nitriles is 1. The largest absolute Gasteiger partial charge is 0.505 e. The SMILES string of the molecule is CC(C#N)c1c(F)ccc(O)c1F. The van der Waals surface area contributed by atoms with Crippen LogP contribution in [0.25, 0.3) is 0 Å². The van der Waals surface area contributed by atoms with E-state index in [2.05, 4.69) is 0 Å². The molecule has 13 heavy (non-hydrogen) atoms. The highest BCUT2D eigenvalue weighted by molar-refractivity contribution is 5.35. The summed E-state index contributed by atoms with van der Waals surface area (Å²) in [6.07, 6.45) is 0. The number of hydrogen-bond donors (Lipinski definition) is 1. The van der Waals surface area contributed by atoms with E-state index in [4.69, 9.17) is 10.4 Å². The van der Waals surface area contributed by atoms with Crippen molar-refractivity contribution in [1.29, 1.82) is 5.26 Å². The molecule has 0 aliphatic heterocycles.